The van der Waals surface area contributed by atoms with Crippen LogP contribution >= 0.6 is 0 Å². The molecule has 0 spiro atoms. The summed E-state index contributed by atoms with van der Waals surface area (Å²) in [5, 5.41) is 3.29. The Bertz CT molecular complexity index is 1080. The molecule has 1 atom stereocenters. The van der Waals surface area contributed by atoms with E-state index in [2.05, 4.69) is 68.3 Å². The van der Waals surface area contributed by atoms with E-state index in [1.807, 2.05) is 18.2 Å². The Kier molecular flexibility index (Phi) is 6.92. The summed E-state index contributed by atoms with van der Waals surface area (Å²) in [4.78, 5) is 14.7. The van der Waals surface area contributed by atoms with Crippen molar-refractivity contribution in [2.24, 2.45) is 0 Å². The molecule has 2 aromatic rings. The molecule has 0 aliphatic carbocycles. The highest BCUT2D eigenvalue weighted by Gasteiger charge is 2.59. The lowest BCUT2D eigenvalue weighted by Gasteiger charge is -2.40. The predicted octanol–water partition coefficient (Wildman–Crippen LogP) is 5.99. The van der Waals surface area contributed by atoms with E-state index in [1.54, 1.807) is 7.11 Å². The lowest BCUT2D eigenvalue weighted by atomic mass is 9.75. The van der Waals surface area contributed by atoms with E-state index in [1.165, 1.54) is 36.8 Å². The normalized spacial score (nSPS) is 20.4. The zero-order chi connectivity index (χ0) is 24.3. The minimum Gasteiger partial charge on any atom is -0.493 e. The number of hydrogen-bond donors (Lipinski definition) is 1. The number of anilines is 1. The molecule has 4 rings (SSSR count). The van der Waals surface area contributed by atoms with Crippen molar-refractivity contribution >= 4 is 17.7 Å². The van der Waals surface area contributed by atoms with Crippen molar-refractivity contribution in [2.75, 3.05) is 25.2 Å². The van der Waals surface area contributed by atoms with Crippen LogP contribution < -0.4 is 19.7 Å². The van der Waals surface area contributed by atoms with Crippen LogP contribution in [0.2, 0.25) is 0 Å². The summed E-state index contributed by atoms with van der Waals surface area (Å²) in [6.07, 6.45) is 10.2. The Balaban J connectivity index is 1.55. The molecule has 5 heteroatoms. The van der Waals surface area contributed by atoms with Gasteiger partial charge in [0.05, 0.1) is 20.3 Å². The fourth-order valence-electron chi connectivity index (χ4n) is 5.30. The molecule has 1 amide bonds. The number of fused-ring (bicyclic) bond motifs is 3. The molecule has 0 bridgehead atoms. The molecule has 0 unspecified atom stereocenters. The molecule has 34 heavy (non-hydrogen) atoms. The lowest BCUT2D eigenvalue weighted by molar-refractivity contribution is -0.118. The Labute approximate surface area is 204 Å². The van der Waals surface area contributed by atoms with E-state index < -0.39 is 5.66 Å². The van der Waals surface area contributed by atoms with Gasteiger partial charge in [-0.25, -0.2) is 0 Å². The summed E-state index contributed by atoms with van der Waals surface area (Å²) >= 11 is 0. The topological polar surface area (TPSA) is 50.8 Å². The van der Waals surface area contributed by atoms with Gasteiger partial charge in [0, 0.05) is 11.1 Å². The summed E-state index contributed by atoms with van der Waals surface area (Å²) in [5.41, 5.74) is 3.72. The van der Waals surface area contributed by atoms with E-state index >= 15 is 0 Å². The van der Waals surface area contributed by atoms with Crippen molar-refractivity contribution in [2.45, 2.75) is 70.9 Å². The number of nitrogens with one attached hydrogen (secondary N) is 1. The molecular formula is C29H38N2O3. The van der Waals surface area contributed by atoms with Crippen LogP contribution in [0.1, 0.15) is 69.6 Å². The van der Waals surface area contributed by atoms with Crippen LogP contribution in [0.5, 0.6) is 11.5 Å². The minimum absolute atomic E-state index is 0.0456. The second-order valence-corrected chi connectivity index (χ2v) is 10.1. The average molecular weight is 463 g/mol. The third kappa shape index (κ3) is 4.28. The number of aryl methyl sites for hydroxylation is 1. The number of rotatable bonds is 10. The number of amides is 1. The first kappa shape index (κ1) is 24.2. The van der Waals surface area contributed by atoms with Crippen LogP contribution in [0.25, 0.3) is 6.08 Å². The van der Waals surface area contributed by atoms with Crippen LogP contribution in [0.4, 0.5) is 5.69 Å². The molecule has 1 fully saturated rings. The van der Waals surface area contributed by atoms with Gasteiger partial charge >= 0.3 is 0 Å². The first-order valence-corrected chi connectivity index (χ1v) is 12.5. The summed E-state index contributed by atoms with van der Waals surface area (Å²) in [7, 11) is 1.67. The summed E-state index contributed by atoms with van der Waals surface area (Å²) in [5.74, 6) is 1.54. The maximum atomic E-state index is 12.5. The molecule has 0 aromatic heterocycles. The van der Waals surface area contributed by atoms with Gasteiger partial charge in [-0.15, -0.1) is 0 Å². The van der Waals surface area contributed by atoms with Gasteiger partial charge in [0.25, 0.3) is 0 Å². The van der Waals surface area contributed by atoms with Crippen molar-refractivity contribution in [3.63, 3.8) is 0 Å². The largest absolute Gasteiger partial charge is 0.493 e. The standard InChI is InChI=1S/C29H38N2O3/c1-6-7-8-9-10-17-34-25-14-12-22(19-26(25)33-5)15-16-29-28(3,4)23-18-21(2)11-13-24(23)31(29)20-27(32)30-29/h11-16,18-19H,6-10,17,20H2,1-5H3,(H,30,32)/b16-15+/t29-/m1/s1. The number of benzene rings is 2. The van der Waals surface area contributed by atoms with Gasteiger partial charge in [0.15, 0.2) is 11.5 Å². The molecule has 0 saturated carbocycles. The van der Waals surface area contributed by atoms with E-state index in [-0.39, 0.29) is 11.3 Å². The van der Waals surface area contributed by atoms with E-state index in [0.717, 1.165) is 29.2 Å². The molecule has 2 aromatic carbocycles. The Morgan fingerprint density at radius 3 is 2.62 bits per heavy atom. The fourth-order valence-corrected chi connectivity index (χ4v) is 5.30. The quantitative estimate of drug-likeness (QED) is 0.441. The lowest BCUT2D eigenvalue weighted by Crippen LogP contribution is -2.58. The molecule has 2 aliphatic rings. The Morgan fingerprint density at radius 2 is 1.85 bits per heavy atom. The summed E-state index contributed by atoms with van der Waals surface area (Å²) < 4.78 is 11.6. The first-order valence-electron chi connectivity index (χ1n) is 12.5. The van der Waals surface area contributed by atoms with Crippen LogP contribution in [0.15, 0.2) is 42.5 Å². The van der Waals surface area contributed by atoms with Crippen molar-refractivity contribution < 1.29 is 14.3 Å². The minimum atomic E-state index is -0.610. The number of nitrogens with zero attached hydrogens (tertiary/aromatic N) is 1. The number of hydrogen-bond acceptors (Lipinski definition) is 4. The second kappa shape index (κ2) is 9.73. The van der Waals surface area contributed by atoms with Crippen LogP contribution in [0, 0.1) is 6.92 Å². The molecule has 2 aliphatic heterocycles. The summed E-state index contributed by atoms with van der Waals surface area (Å²) in [6, 6.07) is 12.5. The molecule has 0 radical (unpaired) electrons. The van der Waals surface area contributed by atoms with Crippen molar-refractivity contribution in [3.8, 4) is 11.5 Å². The molecular weight excluding hydrogens is 424 g/mol. The maximum Gasteiger partial charge on any atom is 0.241 e. The molecule has 2 heterocycles. The third-order valence-corrected chi connectivity index (χ3v) is 7.34. The number of carbonyl (C=O) groups is 1. The fraction of sp³-hybridized carbons (Fsp3) is 0.483. The van der Waals surface area contributed by atoms with Crippen molar-refractivity contribution in [3.05, 3.63) is 59.2 Å². The molecule has 182 valence electrons. The first-order chi connectivity index (χ1) is 16.3. The highest BCUT2D eigenvalue weighted by atomic mass is 16.5. The molecule has 1 N–H and O–H groups in total. The SMILES string of the molecule is CCCCCCCOc1ccc(/C=C/[C@@]23NC(=O)CN2c2ccc(C)cc2C3(C)C)cc1OC. The van der Waals surface area contributed by atoms with Crippen LogP contribution in [-0.4, -0.2) is 31.8 Å². The van der Waals surface area contributed by atoms with Gasteiger partial charge in [-0.05, 0) is 48.7 Å². The van der Waals surface area contributed by atoms with Gasteiger partial charge in [-0.3, -0.25) is 4.79 Å². The van der Waals surface area contributed by atoms with Gasteiger partial charge in [0.1, 0.15) is 5.66 Å². The molecule has 1 saturated heterocycles. The van der Waals surface area contributed by atoms with Gasteiger partial charge in [0.2, 0.25) is 5.91 Å². The number of methoxy groups -OCH3 is 1. The zero-order valence-electron chi connectivity index (χ0n) is 21.2. The number of unbranched alkanes of at least 4 members (excludes halogenated alkanes) is 4. The Hall–Kier alpha value is -2.95. The van der Waals surface area contributed by atoms with Crippen molar-refractivity contribution in [1.82, 2.24) is 5.32 Å². The number of ether oxygens (including phenoxy) is 2. The smallest absolute Gasteiger partial charge is 0.241 e. The van der Waals surface area contributed by atoms with Crippen molar-refractivity contribution in [1.29, 1.82) is 0 Å². The third-order valence-electron chi connectivity index (χ3n) is 7.34. The average Bonchev–Trinajstić information content (AvgIpc) is 3.24. The van der Waals surface area contributed by atoms with E-state index in [4.69, 9.17) is 9.47 Å². The van der Waals surface area contributed by atoms with E-state index in [9.17, 15) is 4.79 Å². The Morgan fingerprint density at radius 1 is 1.06 bits per heavy atom. The van der Waals surface area contributed by atoms with Gasteiger partial charge in [-0.2, -0.15) is 0 Å². The van der Waals surface area contributed by atoms with Crippen LogP contribution in [-0.2, 0) is 10.2 Å². The molecule has 5 nitrogen and oxygen atoms in total. The zero-order valence-corrected chi connectivity index (χ0v) is 21.2. The van der Waals surface area contributed by atoms with Crippen LogP contribution in [0.3, 0.4) is 0 Å². The number of carbonyl (C=O) groups excluding carboxylic acids is 1. The predicted molar refractivity (Wildman–Crippen MR) is 139 cm³/mol. The van der Waals surface area contributed by atoms with Gasteiger partial charge in [-0.1, -0.05) is 76.3 Å². The summed E-state index contributed by atoms with van der Waals surface area (Å²) in [6.45, 7) is 9.81. The van der Waals surface area contributed by atoms with E-state index in [0.29, 0.717) is 13.2 Å². The highest BCUT2D eigenvalue weighted by molar-refractivity contribution is 5.91. The maximum absolute atomic E-state index is 12.5. The highest BCUT2D eigenvalue weighted by Crippen LogP contribution is 2.53. The second-order valence-electron chi connectivity index (χ2n) is 10.1. The monoisotopic (exact) mass is 462 g/mol. The van der Waals surface area contributed by atoms with Gasteiger partial charge < -0.3 is 19.7 Å².